The fourth-order valence-electron chi connectivity index (χ4n) is 2.07. The van der Waals surface area contributed by atoms with Gasteiger partial charge >= 0.3 is 24.8 Å². The van der Waals surface area contributed by atoms with Gasteiger partial charge in [-0.1, -0.05) is 4.73 Å². The van der Waals surface area contributed by atoms with Crippen molar-refractivity contribution >= 4 is 19.0 Å². The van der Waals surface area contributed by atoms with Crippen LogP contribution in [0.2, 0.25) is 0 Å². The largest absolute Gasteiger partial charge is 0.547 e. The third-order valence-electron chi connectivity index (χ3n) is 3.44. The summed E-state index contributed by atoms with van der Waals surface area (Å²) in [5, 5.41) is 37.3. The fourth-order valence-corrected chi connectivity index (χ4v) is 3.01. The Bertz CT molecular complexity index is 1020. The van der Waals surface area contributed by atoms with E-state index in [-0.39, 0.29) is 10.4 Å². The number of rotatable bonds is 8. The molecular formula is C11H17N4O11P. The number of phosphoric acid groups is 1. The van der Waals surface area contributed by atoms with Crippen LogP contribution in [0.3, 0.4) is 0 Å². The van der Waals surface area contributed by atoms with Crippen LogP contribution in [-0.4, -0.2) is 76.0 Å². The standard InChI is InChI=1S/C11H17N4O11P/c1-3(6(18)7(19)4(17)2-16)25-27(23,24)26-15-9(20)5-8(14-11(15)22)13-10(21)12-5/h3-4,6-7,16-19H,2H2,1H3,(H,14,22)(H,23,24)(H2,12,13,21)/t3-,4+,6+,7+/m0/s1. The van der Waals surface area contributed by atoms with Gasteiger partial charge in [-0.15, -0.1) is 0 Å². The molecule has 0 bridgehead atoms. The smallest absolute Gasteiger partial charge is 0.394 e. The van der Waals surface area contributed by atoms with Crippen molar-refractivity contribution in [1.82, 2.24) is 19.7 Å². The molecule has 2 rings (SSSR count). The zero-order chi connectivity index (χ0) is 20.5. The second-order valence-corrected chi connectivity index (χ2v) is 6.76. The zero-order valence-corrected chi connectivity index (χ0v) is 14.5. The summed E-state index contributed by atoms with van der Waals surface area (Å²) < 4.78 is 20.8. The first-order valence-electron chi connectivity index (χ1n) is 7.30. The summed E-state index contributed by atoms with van der Waals surface area (Å²) in [5.74, 6) is 0. The molecule has 0 aliphatic rings. The van der Waals surface area contributed by atoms with Gasteiger partial charge < -0.3 is 25.1 Å². The molecule has 15 nitrogen and oxygen atoms in total. The summed E-state index contributed by atoms with van der Waals surface area (Å²) in [6.07, 6.45) is -7.27. The number of aliphatic hydroxyl groups excluding tert-OH is 4. The fraction of sp³-hybridized carbons (Fsp3) is 0.545. The normalized spacial score (nSPS) is 18.6. The van der Waals surface area contributed by atoms with Gasteiger partial charge in [0.05, 0.1) is 12.7 Å². The summed E-state index contributed by atoms with van der Waals surface area (Å²) >= 11 is 0. The van der Waals surface area contributed by atoms with Crippen LogP contribution in [0.15, 0.2) is 14.4 Å². The second-order valence-electron chi connectivity index (χ2n) is 5.45. The Morgan fingerprint density at radius 2 is 1.74 bits per heavy atom. The van der Waals surface area contributed by atoms with E-state index >= 15 is 0 Å². The molecule has 0 aliphatic heterocycles. The van der Waals surface area contributed by atoms with Gasteiger partial charge in [0.2, 0.25) is 0 Å². The third kappa shape index (κ3) is 4.54. The van der Waals surface area contributed by atoms with Gasteiger partial charge in [-0.25, -0.2) is 14.2 Å². The Kier molecular flexibility index (Phi) is 6.06. The number of fused-ring (bicyclic) bond motifs is 1. The molecule has 152 valence electrons. The number of hydrogen-bond donors (Lipinski definition) is 8. The highest BCUT2D eigenvalue weighted by molar-refractivity contribution is 7.47. The van der Waals surface area contributed by atoms with Crippen LogP contribution in [0, 0.1) is 0 Å². The number of aromatic amines is 3. The van der Waals surface area contributed by atoms with Crippen LogP contribution in [0.5, 0.6) is 0 Å². The first-order valence-corrected chi connectivity index (χ1v) is 8.80. The van der Waals surface area contributed by atoms with E-state index in [0.29, 0.717) is 0 Å². The Hall–Kier alpha value is -2.26. The lowest BCUT2D eigenvalue weighted by Crippen LogP contribution is -2.46. The van der Waals surface area contributed by atoms with Crippen molar-refractivity contribution in [2.45, 2.75) is 31.3 Å². The molecule has 0 aromatic carbocycles. The predicted molar refractivity (Wildman–Crippen MR) is 85.9 cm³/mol. The van der Waals surface area contributed by atoms with E-state index in [0.717, 1.165) is 6.92 Å². The van der Waals surface area contributed by atoms with Gasteiger partial charge in [0, 0.05) is 0 Å². The number of hydrogen-bond acceptors (Lipinski definition) is 10. The third-order valence-corrected chi connectivity index (χ3v) is 4.41. The maximum absolute atomic E-state index is 12.1. The summed E-state index contributed by atoms with van der Waals surface area (Å²) in [6, 6.07) is 0. The van der Waals surface area contributed by atoms with Crippen LogP contribution < -0.4 is 21.6 Å². The van der Waals surface area contributed by atoms with Gasteiger partial charge in [-0.3, -0.25) is 29.2 Å². The van der Waals surface area contributed by atoms with Crippen LogP contribution in [0.4, 0.5) is 0 Å². The number of aromatic nitrogens is 4. The lowest BCUT2D eigenvalue weighted by atomic mass is 10.0. The Morgan fingerprint density at radius 1 is 1.11 bits per heavy atom. The van der Waals surface area contributed by atoms with Gasteiger partial charge in [0.15, 0.2) is 5.52 Å². The lowest BCUT2D eigenvalue weighted by molar-refractivity contribution is -0.109. The molecule has 0 fully saturated rings. The zero-order valence-electron chi connectivity index (χ0n) is 13.6. The summed E-state index contributed by atoms with van der Waals surface area (Å²) in [4.78, 5) is 50.9. The van der Waals surface area contributed by atoms with Gasteiger partial charge in [0.25, 0.3) is 0 Å². The molecule has 0 spiro atoms. The van der Waals surface area contributed by atoms with Crippen molar-refractivity contribution in [2.75, 3.05) is 6.61 Å². The molecule has 8 N–H and O–H groups in total. The highest BCUT2D eigenvalue weighted by atomic mass is 31.2. The van der Waals surface area contributed by atoms with Crippen molar-refractivity contribution in [1.29, 1.82) is 0 Å². The molecular weight excluding hydrogens is 395 g/mol. The van der Waals surface area contributed by atoms with Crippen molar-refractivity contribution in [2.24, 2.45) is 0 Å². The van der Waals surface area contributed by atoms with Gasteiger partial charge in [0.1, 0.15) is 24.0 Å². The van der Waals surface area contributed by atoms with Crippen molar-refractivity contribution < 1.29 is 39.0 Å². The lowest BCUT2D eigenvalue weighted by Gasteiger charge is -2.27. The molecule has 5 atom stereocenters. The summed E-state index contributed by atoms with van der Waals surface area (Å²) in [6.45, 7) is 0.113. The van der Waals surface area contributed by atoms with Crippen molar-refractivity contribution in [3.63, 3.8) is 0 Å². The Balaban J connectivity index is 2.25. The average Bonchev–Trinajstić information content (AvgIpc) is 2.96. The van der Waals surface area contributed by atoms with Crippen LogP contribution in [0.1, 0.15) is 6.92 Å². The number of imidazole rings is 1. The minimum Gasteiger partial charge on any atom is -0.394 e. The van der Waals surface area contributed by atoms with E-state index in [4.69, 9.17) is 5.11 Å². The minimum absolute atomic E-state index is 0.176. The van der Waals surface area contributed by atoms with E-state index < -0.39 is 61.3 Å². The summed E-state index contributed by atoms with van der Waals surface area (Å²) in [7, 11) is -5.20. The minimum atomic E-state index is -5.20. The molecule has 0 saturated heterocycles. The second kappa shape index (κ2) is 7.77. The van der Waals surface area contributed by atoms with Crippen molar-refractivity contribution in [3.8, 4) is 0 Å². The highest BCUT2D eigenvalue weighted by Gasteiger charge is 2.36. The molecule has 2 aromatic heterocycles. The van der Waals surface area contributed by atoms with Gasteiger partial charge in [-0.05, 0) is 6.92 Å². The topological polar surface area (TPSA) is 240 Å². The monoisotopic (exact) mass is 412 g/mol. The van der Waals surface area contributed by atoms with Crippen LogP contribution >= 0.6 is 7.82 Å². The number of aliphatic hydroxyl groups is 4. The molecule has 0 radical (unpaired) electrons. The highest BCUT2D eigenvalue weighted by Crippen LogP contribution is 2.41. The van der Waals surface area contributed by atoms with E-state index in [1.165, 1.54) is 0 Å². The summed E-state index contributed by atoms with van der Waals surface area (Å²) in [5.41, 5.74) is -4.15. The molecule has 0 aliphatic carbocycles. The quantitative estimate of drug-likeness (QED) is 0.193. The van der Waals surface area contributed by atoms with E-state index in [1.807, 2.05) is 9.97 Å². The molecule has 0 saturated carbocycles. The van der Waals surface area contributed by atoms with Crippen molar-refractivity contribution in [3.05, 3.63) is 31.3 Å². The molecule has 16 heteroatoms. The first-order chi connectivity index (χ1) is 12.5. The Labute approximate surface area is 148 Å². The molecule has 27 heavy (non-hydrogen) atoms. The molecule has 1 unspecified atom stereocenters. The van der Waals surface area contributed by atoms with Crippen LogP contribution in [-0.2, 0) is 9.09 Å². The molecule has 2 heterocycles. The first kappa shape index (κ1) is 21.0. The Morgan fingerprint density at radius 3 is 2.33 bits per heavy atom. The molecule has 2 aromatic rings. The SMILES string of the molecule is C[C@H](OP(=O)(O)On1c(=O)[nH]c2[nH]c(=O)[nH]c2c1=O)[C@@H](O)[C@H](O)[C@H](O)CO. The predicted octanol–water partition coefficient (Wildman–Crippen LogP) is -4.28. The number of nitrogens with one attached hydrogen (secondary N) is 3. The van der Waals surface area contributed by atoms with Gasteiger partial charge in [-0.2, -0.15) is 0 Å². The number of nitrogens with zero attached hydrogens (tertiary/aromatic N) is 1. The van der Waals surface area contributed by atoms with E-state index in [1.54, 1.807) is 0 Å². The maximum atomic E-state index is 12.1. The average molecular weight is 412 g/mol. The number of phosphoric ester groups is 1. The van der Waals surface area contributed by atoms with E-state index in [2.05, 4.69) is 14.1 Å². The van der Waals surface area contributed by atoms with Crippen LogP contribution in [0.25, 0.3) is 11.2 Å². The molecule has 0 amide bonds. The maximum Gasteiger partial charge on any atom is 0.547 e. The van der Waals surface area contributed by atoms with E-state index in [9.17, 15) is 39.2 Å². The number of H-pyrrole nitrogens is 3.